The van der Waals surface area contributed by atoms with Gasteiger partial charge in [-0.15, -0.1) is 0 Å². The molecule has 0 aliphatic heterocycles. The van der Waals surface area contributed by atoms with E-state index >= 15 is 0 Å². The summed E-state index contributed by atoms with van der Waals surface area (Å²) in [7, 11) is 0. The van der Waals surface area contributed by atoms with Crippen LogP contribution in [0.15, 0.2) is 39.2 Å². The molecule has 26 heavy (non-hydrogen) atoms. The molecule has 0 spiro atoms. The minimum Gasteiger partial charge on any atom is -0.484 e. The smallest absolute Gasteiger partial charge is 0.305 e. The first kappa shape index (κ1) is 20.5. The second-order valence-corrected chi connectivity index (χ2v) is 7.54. The van der Waals surface area contributed by atoms with Crippen LogP contribution in [0.1, 0.15) is 30.2 Å². The number of halogens is 2. The quantitative estimate of drug-likeness (QED) is 0.446. The topological polar surface area (TPSA) is 75.5 Å². The van der Waals surface area contributed by atoms with Gasteiger partial charge in [0, 0.05) is 11.0 Å². The second-order valence-electron chi connectivity index (χ2n) is 5.81. The van der Waals surface area contributed by atoms with Crippen molar-refractivity contribution in [3.05, 3.63) is 51.3 Å². The van der Waals surface area contributed by atoms with Gasteiger partial charge in [-0.05, 0) is 48.5 Å². The summed E-state index contributed by atoms with van der Waals surface area (Å²) in [6.07, 6.45) is 0. The summed E-state index contributed by atoms with van der Waals surface area (Å²) in [5.74, 6) is 1.17. The van der Waals surface area contributed by atoms with Gasteiger partial charge in [-0.3, -0.25) is 15.6 Å². The molecular formula is C17H19BrClN3O3S. The van der Waals surface area contributed by atoms with Crippen LogP contribution in [-0.4, -0.2) is 17.6 Å². The molecule has 3 N–H and O–H groups in total. The number of furan rings is 1. The van der Waals surface area contributed by atoms with Gasteiger partial charge >= 0.3 is 5.91 Å². The predicted octanol–water partition coefficient (Wildman–Crippen LogP) is 4.04. The Morgan fingerprint density at radius 1 is 1.31 bits per heavy atom. The molecule has 0 unspecified atom stereocenters. The number of hydrogen-bond acceptors (Lipinski definition) is 4. The fraction of sp³-hybridized carbons (Fsp3) is 0.294. The number of hydrogen-bond donors (Lipinski definition) is 3. The Morgan fingerprint density at radius 2 is 2.08 bits per heavy atom. The molecule has 1 aromatic carbocycles. The second kappa shape index (κ2) is 9.80. The molecule has 1 heterocycles. The molecular weight excluding hydrogens is 442 g/mol. The van der Waals surface area contributed by atoms with Gasteiger partial charge in [-0.1, -0.05) is 41.4 Å². The summed E-state index contributed by atoms with van der Waals surface area (Å²) in [6, 6.07) is 8.53. The van der Waals surface area contributed by atoms with Crippen LogP contribution < -0.4 is 20.9 Å². The number of benzene rings is 1. The van der Waals surface area contributed by atoms with Gasteiger partial charge in [0.15, 0.2) is 10.9 Å². The van der Waals surface area contributed by atoms with Crippen molar-refractivity contribution in [3.8, 4) is 5.75 Å². The molecule has 0 aliphatic carbocycles. The van der Waals surface area contributed by atoms with Crippen LogP contribution in [0.25, 0.3) is 0 Å². The fourth-order valence-corrected chi connectivity index (χ4v) is 2.70. The van der Waals surface area contributed by atoms with Crippen LogP contribution in [0.2, 0.25) is 5.02 Å². The van der Waals surface area contributed by atoms with Crippen molar-refractivity contribution >= 4 is 50.8 Å². The molecule has 6 nitrogen and oxygen atoms in total. The molecule has 9 heteroatoms. The van der Waals surface area contributed by atoms with Gasteiger partial charge in [0.1, 0.15) is 18.1 Å². The molecule has 0 saturated carbocycles. The number of nitrogens with one attached hydrogen (secondary N) is 3. The van der Waals surface area contributed by atoms with Crippen molar-refractivity contribution in [1.29, 1.82) is 0 Å². The first-order valence-corrected chi connectivity index (χ1v) is 9.44. The van der Waals surface area contributed by atoms with Crippen molar-refractivity contribution in [2.45, 2.75) is 20.5 Å². The van der Waals surface area contributed by atoms with Crippen molar-refractivity contribution in [1.82, 2.24) is 16.2 Å². The predicted molar refractivity (Wildman–Crippen MR) is 108 cm³/mol. The third-order valence-corrected chi connectivity index (χ3v) is 4.14. The third-order valence-electron chi connectivity index (χ3n) is 3.11. The highest BCUT2D eigenvalue weighted by Crippen LogP contribution is 2.28. The summed E-state index contributed by atoms with van der Waals surface area (Å²) >= 11 is 14.5. The lowest BCUT2D eigenvalue weighted by molar-refractivity contribution is 0.0911. The zero-order valence-corrected chi connectivity index (χ0v) is 17.4. The summed E-state index contributed by atoms with van der Waals surface area (Å²) < 4.78 is 11.9. The van der Waals surface area contributed by atoms with Crippen LogP contribution >= 0.6 is 39.7 Å². The van der Waals surface area contributed by atoms with E-state index < -0.39 is 5.91 Å². The Kier molecular flexibility index (Phi) is 7.74. The number of hydrazine groups is 1. The van der Waals surface area contributed by atoms with E-state index in [0.717, 1.165) is 4.47 Å². The van der Waals surface area contributed by atoms with Crippen molar-refractivity contribution in [2.24, 2.45) is 5.92 Å². The maximum Gasteiger partial charge on any atom is 0.305 e. The Bertz CT molecular complexity index is 782. The highest BCUT2D eigenvalue weighted by atomic mass is 79.9. The molecule has 0 radical (unpaired) electrons. The molecule has 0 atom stereocenters. The van der Waals surface area contributed by atoms with E-state index in [2.05, 4.69) is 45.9 Å². The molecule has 0 fully saturated rings. The molecule has 2 aromatic rings. The summed E-state index contributed by atoms with van der Waals surface area (Å²) in [4.78, 5) is 12.0. The molecule has 1 aromatic heterocycles. The van der Waals surface area contributed by atoms with Gasteiger partial charge in [0.05, 0.1) is 5.02 Å². The number of carbonyl (C=O) groups excluding carboxylic acids is 1. The lowest BCUT2D eigenvalue weighted by atomic mass is 10.2. The fourth-order valence-electron chi connectivity index (χ4n) is 1.83. The molecule has 0 bridgehead atoms. The Labute approximate surface area is 170 Å². The average molecular weight is 461 g/mol. The average Bonchev–Trinajstić information content (AvgIpc) is 3.06. The van der Waals surface area contributed by atoms with Crippen molar-refractivity contribution in [2.75, 3.05) is 6.54 Å². The number of amides is 1. The highest BCUT2D eigenvalue weighted by molar-refractivity contribution is 9.10. The van der Waals surface area contributed by atoms with E-state index in [-0.39, 0.29) is 12.4 Å². The molecule has 0 aliphatic rings. The SMILES string of the molecule is CC(C)CNC(=S)NNC(=O)c1ccc(COc2ccc(Br)cc2Cl)o1. The van der Waals surface area contributed by atoms with Gasteiger partial charge < -0.3 is 14.5 Å². The van der Waals surface area contributed by atoms with E-state index in [1.54, 1.807) is 24.3 Å². The Morgan fingerprint density at radius 3 is 2.77 bits per heavy atom. The van der Waals surface area contributed by atoms with Gasteiger partial charge in [-0.2, -0.15) is 0 Å². The molecule has 2 rings (SSSR count). The van der Waals surface area contributed by atoms with E-state index in [0.29, 0.717) is 34.1 Å². The maximum absolute atomic E-state index is 12.0. The van der Waals surface area contributed by atoms with Crippen molar-refractivity contribution in [3.63, 3.8) is 0 Å². The minimum absolute atomic E-state index is 0.143. The first-order valence-electron chi connectivity index (χ1n) is 7.86. The van der Waals surface area contributed by atoms with Crippen LogP contribution in [-0.2, 0) is 6.61 Å². The minimum atomic E-state index is -0.438. The maximum atomic E-state index is 12.0. The number of rotatable bonds is 6. The van der Waals surface area contributed by atoms with Gasteiger partial charge in [0.25, 0.3) is 0 Å². The lowest BCUT2D eigenvalue weighted by Gasteiger charge is -2.12. The summed E-state index contributed by atoms with van der Waals surface area (Å²) in [5.41, 5.74) is 5.10. The highest BCUT2D eigenvalue weighted by Gasteiger charge is 2.12. The largest absolute Gasteiger partial charge is 0.484 e. The lowest BCUT2D eigenvalue weighted by Crippen LogP contribution is -2.47. The number of carbonyl (C=O) groups is 1. The normalized spacial score (nSPS) is 10.5. The Hall–Kier alpha value is -1.77. The van der Waals surface area contributed by atoms with E-state index in [4.69, 9.17) is 33.0 Å². The van der Waals surface area contributed by atoms with Crippen LogP contribution in [0.4, 0.5) is 0 Å². The van der Waals surface area contributed by atoms with E-state index in [9.17, 15) is 4.79 Å². The van der Waals surface area contributed by atoms with Crippen LogP contribution in [0.3, 0.4) is 0 Å². The third kappa shape index (κ3) is 6.51. The van der Waals surface area contributed by atoms with Gasteiger partial charge in [-0.25, -0.2) is 0 Å². The summed E-state index contributed by atoms with van der Waals surface area (Å²) in [6.45, 7) is 4.98. The number of thiocarbonyl (C=S) groups is 1. The Balaban J connectivity index is 1.82. The van der Waals surface area contributed by atoms with Gasteiger partial charge in [0.2, 0.25) is 0 Å². The van der Waals surface area contributed by atoms with E-state index in [1.807, 2.05) is 6.07 Å². The molecule has 1 amide bonds. The van der Waals surface area contributed by atoms with Crippen molar-refractivity contribution < 1.29 is 13.9 Å². The molecule has 0 saturated heterocycles. The monoisotopic (exact) mass is 459 g/mol. The van der Waals surface area contributed by atoms with Crippen LogP contribution in [0.5, 0.6) is 5.75 Å². The van der Waals surface area contributed by atoms with Crippen LogP contribution in [0, 0.1) is 5.92 Å². The standard InChI is InChI=1S/C17H19BrClN3O3S/c1-10(2)8-20-17(26)22-21-16(23)15-6-4-12(25-15)9-24-14-5-3-11(18)7-13(14)19/h3-7,10H,8-9H2,1-2H3,(H,21,23)(H2,20,22,26). The van der Waals surface area contributed by atoms with E-state index in [1.165, 1.54) is 0 Å². The first-order chi connectivity index (χ1) is 12.3. The zero-order valence-electron chi connectivity index (χ0n) is 14.3. The summed E-state index contributed by atoms with van der Waals surface area (Å²) in [5, 5.41) is 3.80. The zero-order chi connectivity index (χ0) is 19.1. The molecule has 140 valence electrons. The number of ether oxygens (including phenoxy) is 1.